The summed E-state index contributed by atoms with van der Waals surface area (Å²) >= 11 is 0. The lowest BCUT2D eigenvalue weighted by atomic mass is 9.95. The van der Waals surface area contributed by atoms with Gasteiger partial charge in [0.2, 0.25) is 0 Å². The molecule has 118 valence electrons. The van der Waals surface area contributed by atoms with Crippen molar-refractivity contribution in [1.82, 2.24) is 0 Å². The van der Waals surface area contributed by atoms with Crippen LogP contribution in [0.3, 0.4) is 0 Å². The van der Waals surface area contributed by atoms with Crippen molar-refractivity contribution in [3.05, 3.63) is 59.2 Å². The van der Waals surface area contributed by atoms with Crippen LogP contribution in [0, 0.1) is 0 Å². The predicted molar refractivity (Wildman–Crippen MR) is 94.4 cm³/mol. The Hall–Kier alpha value is -1.35. The molecule has 3 heteroatoms. The van der Waals surface area contributed by atoms with Crippen molar-refractivity contribution in [3.63, 3.8) is 0 Å². The number of nitrogens with two attached hydrogens (primary N) is 1. The van der Waals surface area contributed by atoms with E-state index in [4.69, 9.17) is 5.73 Å². The standard InChI is InChI=1S/C19H23NO.ClH/c1-2-3-8-18(21)19(20)14-9-10-17-15(12-14)11-13-6-4-5-7-16(13)17;/h4-7,9-10,12,18-19,21H,2-3,8,11,20H2,1H3;1H/t18-,19+;/m1./s1. The molecule has 0 aliphatic heterocycles. The van der Waals surface area contributed by atoms with Crippen LogP contribution < -0.4 is 5.73 Å². The number of halogens is 1. The topological polar surface area (TPSA) is 46.2 Å². The van der Waals surface area contributed by atoms with Crippen LogP contribution in [0.4, 0.5) is 0 Å². The van der Waals surface area contributed by atoms with Gasteiger partial charge in [0.1, 0.15) is 0 Å². The summed E-state index contributed by atoms with van der Waals surface area (Å²) in [7, 11) is 0. The molecule has 1 aliphatic rings. The van der Waals surface area contributed by atoms with E-state index in [1.54, 1.807) is 0 Å². The Morgan fingerprint density at radius 2 is 1.82 bits per heavy atom. The van der Waals surface area contributed by atoms with E-state index in [2.05, 4.69) is 49.4 Å². The van der Waals surface area contributed by atoms with Gasteiger partial charge in [-0.3, -0.25) is 0 Å². The third-order valence-electron chi connectivity index (χ3n) is 4.47. The van der Waals surface area contributed by atoms with Crippen molar-refractivity contribution in [1.29, 1.82) is 0 Å². The largest absolute Gasteiger partial charge is 0.391 e. The lowest BCUT2D eigenvalue weighted by Crippen LogP contribution is -2.26. The minimum Gasteiger partial charge on any atom is -0.391 e. The number of rotatable bonds is 5. The normalized spacial score (nSPS) is 14.7. The van der Waals surface area contributed by atoms with Crippen LogP contribution >= 0.6 is 12.4 Å². The first-order valence-electron chi connectivity index (χ1n) is 7.85. The van der Waals surface area contributed by atoms with Crippen LogP contribution in [-0.2, 0) is 6.42 Å². The van der Waals surface area contributed by atoms with Gasteiger partial charge in [-0.25, -0.2) is 0 Å². The number of aliphatic hydroxyl groups excluding tert-OH is 1. The second-order valence-corrected chi connectivity index (χ2v) is 5.99. The van der Waals surface area contributed by atoms with E-state index in [9.17, 15) is 5.11 Å². The Kier molecular flexibility index (Phi) is 5.63. The van der Waals surface area contributed by atoms with Crippen molar-refractivity contribution < 1.29 is 5.11 Å². The van der Waals surface area contributed by atoms with Crippen LogP contribution in [0.15, 0.2) is 42.5 Å². The highest BCUT2D eigenvalue weighted by Gasteiger charge is 2.21. The molecule has 2 atom stereocenters. The fourth-order valence-electron chi connectivity index (χ4n) is 3.19. The molecule has 2 aromatic carbocycles. The van der Waals surface area contributed by atoms with E-state index in [0.29, 0.717) is 0 Å². The van der Waals surface area contributed by atoms with Crippen LogP contribution in [0.2, 0.25) is 0 Å². The lowest BCUT2D eigenvalue weighted by Gasteiger charge is -2.19. The zero-order chi connectivity index (χ0) is 14.8. The monoisotopic (exact) mass is 317 g/mol. The van der Waals surface area contributed by atoms with Gasteiger partial charge in [0.25, 0.3) is 0 Å². The summed E-state index contributed by atoms with van der Waals surface area (Å²) in [6, 6.07) is 14.7. The number of unbranched alkanes of at least 4 members (excludes halogenated alkanes) is 1. The summed E-state index contributed by atoms with van der Waals surface area (Å²) in [6.45, 7) is 2.13. The van der Waals surface area contributed by atoms with E-state index < -0.39 is 6.10 Å². The number of fused-ring (bicyclic) bond motifs is 3. The molecule has 1 aliphatic carbocycles. The van der Waals surface area contributed by atoms with E-state index in [0.717, 1.165) is 31.2 Å². The lowest BCUT2D eigenvalue weighted by molar-refractivity contribution is 0.132. The molecule has 0 fully saturated rings. The number of hydrogen-bond acceptors (Lipinski definition) is 2. The molecule has 0 radical (unpaired) electrons. The zero-order valence-electron chi connectivity index (χ0n) is 13.0. The predicted octanol–water partition coefficient (Wildman–Crippen LogP) is 4.23. The number of aliphatic hydroxyl groups is 1. The smallest absolute Gasteiger partial charge is 0.0732 e. The summed E-state index contributed by atoms with van der Waals surface area (Å²) in [4.78, 5) is 0. The molecule has 0 amide bonds. The van der Waals surface area contributed by atoms with E-state index in [1.807, 2.05) is 0 Å². The molecule has 0 saturated heterocycles. The van der Waals surface area contributed by atoms with Crippen LogP contribution in [0.1, 0.15) is 48.9 Å². The van der Waals surface area contributed by atoms with Gasteiger partial charge in [0.05, 0.1) is 12.1 Å². The third-order valence-corrected chi connectivity index (χ3v) is 4.47. The van der Waals surface area contributed by atoms with Gasteiger partial charge in [-0.05, 0) is 40.7 Å². The first-order valence-corrected chi connectivity index (χ1v) is 7.85. The molecule has 0 aromatic heterocycles. The van der Waals surface area contributed by atoms with Crippen LogP contribution in [-0.4, -0.2) is 11.2 Å². The van der Waals surface area contributed by atoms with Crippen molar-refractivity contribution in [2.45, 2.75) is 44.8 Å². The minimum atomic E-state index is -0.452. The molecule has 22 heavy (non-hydrogen) atoms. The number of hydrogen-bond donors (Lipinski definition) is 2. The molecule has 0 heterocycles. The molecular weight excluding hydrogens is 294 g/mol. The molecule has 2 nitrogen and oxygen atoms in total. The van der Waals surface area contributed by atoms with Crippen LogP contribution in [0.25, 0.3) is 11.1 Å². The Balaban J connectivity index is 0.00000176. The minimum absolute atomic E-state index is 0. The summed E-state index contributed by atoms with van der Waals surface area (Å²) in [5.41, 5.74) is 12.6. The molecule has 0 unspecified atom stereocenters. The van der Waals surface area contributed by atoms with Crippen LogP contribution in [0.5, 0.6) is 0 Å². The molecule has 3 N–H and O–H groups in total. The molecule has 2 aromatic rings. The second-order valence-electron chi connectivity index (χ2n) is 5.99. The quantitative estimate of drug-likeness (QED) is 0.739. The van der Waals surface area contributed by atoms with Gasteiger partial charge in [-0.15, -0.1) is 12.4 Å². The van der Waals surface area contributed by atoms with Gasteiger partial charge in [-0.1, -0.05) is 62.2 Å². The fourth-order valence-corrected chi connectivity index (χ4v) is 3.19. The highest BCUT2D eigenvalue weighted by molar-refractivity contribution is 5.85. The van der Waals surface area contributed by atoms with Gasteiger partial charge >= 0.3 is 0 Å². The molecule has 3 rings (SSSR count). The maximum Gasteiger partial charge on any atom is 0.0732 e. The average Bonchev–Trinajstić information content (AvgIpc) is 2.89. The first-order chi connectivity index (χ1) is 10.2. The SMILES string of the molecule is CCCC[C@@H](O)[C@@H](N)c1ccc2c(c1)Cc1ccccc1-2.Cl. The van der Waals surface area contributed by atoms with E-state index in [1.165, 1.54) is 22.3 Å². The Bertz CT molecular complexity index is 641. The average molecular weight is 318 g/mol. The maximum absolute atomic E-state index is 10.2. The van der Waals surface area contributed by atoms with Crippen molar-refractivity contribution in [2.75, 3.05) is 0 Å². The Morgan fingerprint density at radius 1 is 1.09 bits per heavy atom. The van der Waals surface area contributed by atoms with E-state index >= 15 is 0 Å². The zero-order valence-corrected chi connectivity index (χ0v) is 13.8. The van der Waals surface area contributed by atoms with Crippen molar-refractivity contribution in [2.24, 2.45) is 5.73 Å². The maximum atomic E-state index is 10.2. The highest BCUT2D eigenvalue weighted by Crippen LogP contribution is 2.37. The molecular formula is C19H24ClNO. The number of benzene rings is 2. The van der Waals surface area contributed by atoms with Crippen molar-refractivity contribution in [3.8, 4) is 11.1 Å². The Morgan fingerprint density at radius 3 is 2.59 bits per heavy atom. The highest BCUT2D eigenvalue weighted by atomic mass is 35.5. The Labute approximate surface area is 138 Å². The molecule has 0 saturated carbocycles. The second kappa shape index (κ2) is 7.28. The summed E-state index contributed by atoms with van der Waals surface area (Å²) in [6.07, 6.45) is 3.40. The van der Waals surface area contributed by atoms with Gasteiger partial charge in [0, 0.05) is 0 Å². The summed E-state index contributed by atoms with van der Waals surface area (Å²) in [5, 5.41) is 10.2. The first kappa shape index (κ1) is 17.0. The van der Waals surface area contributed by atoms with E-state index in [-0.39, 0.29) is 18.4 Å². The summed E-state index contributed by atoms with van der Waals surface area (Å²) in [5.74, 6) is 0. The summed E-state index contributed by atoms with van der Waals surface area (Å²) < 4.78 is 0. The van der Waals surface area contributed by atoms with Gasteiger partial charge in [-0.2, -0.15) is 0 Å². The van der Waals surface area contributed by atoms with Gasteiger partial charge < -0.3 is 10.8 Å². The molecule has 0 bridgehead atoms. The third kappa shape index (κ3) is 3.19. The molecule has 0 spiro atoms. The fraction of sp³-hybridized carbons (Fsp3) is 0.368. The van der Waals surface area contributed by atoms with Gasteiger partial charge in [0.15, 0.2) is 0 Å². The van der Waals surface area contributed by atoms with Crippen molar-refractivity contribution >= 4 is 12.4 Å².